The zero-order valence-electron chi connectivity index (χ0n) is 13.2. The number of carbonyl (C=O) groups excluding carboxylic acids is 3. The highest BCUT2D eigenvalue weighted by Crippen LogP contribution is 2.36. The highest BCUT2D eigenvalue weighted by molar-refractivity contribution is 6.01. The first kappa shape index (κ1) is 15.3. The molecule has 0 saturated carbocycles. The largest absolute Gasteiger partial charge is 0.484 e. The van der Waals surface area contributed by atoms with Crippen LogP contribution in [-0.2, 0) is 9.59 Å². The first-order valence-electron chi connectivity index (χ1n) is 7.53. The van der Waals surface area contributed by atoms with Crippen LogP contribution in [0, 0.1) is 0 Å². The minimum atomic E-state index is -0.518. The normalized spacial score (nSPS) is 19.7. The van der Waals surface area contributed by atoms with Crippen LogP contribution in [0.15, 0.2) is 24.3 Å². The van der Waals surface area contributed by atoms with Crippen LogP contribution in [0.5, 0.6) is 5.75 Å². The van der Waals surface area contributed by atoms with Gasteiger partial charge in [0.15, 0.2) is 0 Å². The molecule has 0 atom stereocenters. The Balaban J connectivity index is 1.79. The summed E-state index contributed by atoms with van der Waals surface area (Å²) in [7, 11) is 0. The molecule has 2 aliphatic rings. The molecule has 122 valence electrons. The van der Waals surface area contributed by atoms with Crippen molar-refractivity contribution in [2.24, 2.45) is 0 Å². The van der Waals surface area contributed by atoms with E-state index in [9.17, 15) is 14.4 Å². The van der Waals surface area contributed by atoms with E-state index in [1.54, 1.807) is 4.90 Å². The number of benzene rings is 1. The van der Waals surface area contributed by atoms with Crippen LogP contribution in [0.4, 0.5) is 10.5 Å². The van der Waals surface area contributed by atoms with Gasteiger partial charge in [-0.05, 0) is 26.0 Å². The van der Waals surface area contributed by atoms with Crippen molar-refractivity contribution >= 4 is 23.5 Å². The number of fused-ring (bicyclic) bond motifs is 1. The number of urea groups is 1. The summed E-state index contributed by atoms with van der Waals surface area (Å²) in [5.74, 6) is 0.144. The quantitative estimate of drug-likeness (QED) is 0.887. The second-order valence-electron chi connectivity index (χ2n) is 6.33. The fourth-order valence-electron chi connectivity index (χ4n) is 2.78. The Bertz CT molecular complexity index is 671. The molecule has 3 rings (SSSR count). The molecule has 0 aliphatic carbocycles. The number of imide groups is 1. The highest BCUT2D eigenvalue weighted by atomic mass is 16.5. The van der Waals surface area contributed by atoms with E-state index < -0.39 is 11.6 Å². The molecule has 0 aromatic heterocycles. The molecule has 1 aromatic rings. The van der Waals surface area contributed by atoms with Gasteiger partial charge in [-0.1, -0.05) is 12.1 Å². The summed E-state index contributed by atoms with van der Waals surface area (Å²) >= 11 is 0. The van der Waals surface area contributed by atoms with Crippen LogP contribution >= 0.6 is 0 Å². The predicted octanol–water partition coefficient (Wildman–Crippen LogP) is 1.13. The molecule has 1 aromatic carbocycles. The third kappa shape index (κ3) is 3.13. The maximum atomic E-state index is 12.7. The Morgan fingerprint density at radius 1 is 1.30 bits per heavy atom. The maximum Gasteiger partial charge on any atom is 0.324 e. The molecule has 0 unspecified atom stereocenters. The van der Waals surface area contributed by atoms with E-state index in [4.69, 9.17) is 4.74 Å². The van der Waals surface area contributed by atoms with Gasteiger partial charge in [-0.3, -0.25) is 14.9 Å². The number of hydrogen-bond acceptors (Lipinski definition) is 4. The van der Waals surface area contributed by atoms with Gasteiger partial charge in [-0.25, -0.2) is 4.79 Å². The molecule has 2 aliphatic heterocycles. The van der Waals surface area contributed by atoms with Crippen molar-refractivity contribution in [3.63, 3.8) is 0 Å². The van der Waals surface area contributed by atoms with Gasteiger partial charge in [0.05, 0.1) is 12.2 Å². The van der Waals surface area contributed by atoms with Crippen molar-refractivity contribution in [3.05, 3.63) is 24.3 Å². The number of anilines is 1. The van der Waals surface area contributed by atoms with Crippen LogP contribution in [0.2, 0.25) is 0 Å². The molecule has 0 radical (unpaired) electrons. The van der Waals surface area contributed by atoms with Crippen molar-refractivity contribution in [1.29, 1.82) is 0 Å². The summed E-state index contributed by atoms with van der Waals surface area (Å²) in [4.78, 5) is 38.7. The molecular formula is C16H19N3O4. The lowest BCUT2D eigenvalue weighted by atomic mass is 10.0. The summed E-state index contributed by atoms with van der Waals surface area (Å²) in [6.07, 6.45) is 0.213. The molecule has 7 nitrogen and oxygen atoms in total. The van der Waals surface area contributed by atoms with E-state index >= 15 is 0 Å². The second-order valence-corrected chi connectivity index (χ2v) is 6.33. The Kier molecular flexibility index (Phi) is 3.71. The summed E-state index contributed by atoms with van der Waals surface area (Å²) < 4.78 is 5.89. The lowest BCUT2D eigenvalue weighted by Gasteiger charge is -2.40. The lowest BCUT2D eigenvalue weighted by molar-refractivity contribution is -0.124. The van der Waals surface area contributed by atoms with Crippen LogP contribution < -0.4 is 15.0 Å². The van der Waals surface area contributed by atoms with E-state index in [0.717, 1.165) is 0 Å². The second kappa shape index (κ2) is 5.57. The first-order chi connectivity index (χ1) is 10.9. The zero-order valence-corrected chi connectivity index (χ0v) is 13.2. The number of hydrogen-bond donors (Lipinski definition) is 1. The number of carbonyl (C=O) groups is 3. The standard InChI is InChI=1S/C16H19N3O4/c1-16(2)10-19(11-5-3-4-6-12(11)23-16)14(21)9-18-8-7-13(20)17-15(18)22/h3-6H,7-10H2,1-2H3,(H,17,20,22). The van der Waals surface area contributed by atoms with E-state index in [-0.39, 0.29) is 31.3 Å². The topological polar surface area (TPSA) is 79.0 Å². The van der Waals surface area contributed by atoms with Gasteiger partial charge in [0.2, 0.25) is 11.8 Å². The van der Waals surface area contributed by atoms with Crippen LogP contribution in [0.25, 0.3) is 0 Å². The fraction of sp³-hybridized carbons (Fsp3) is 0.438. The van der Waals surface area contributed by atoms with Gasteiger partial charge >= 0.3 is 6.03 Å². The molecule has 0 spiro atoms. The molecular weight excluding hydrogens is 298 g/mol. The van der Waals surface area contributed by atoms with Crippen LogP contribution in [0.3, 0.4) is 0 Å². The SMILES string of the molecule is CC1(C)CN(C(=O)CN2CCC(=O)NC2=O)c2ccccc2O1. The third-order valence-electron chi connectivity index (χ3n) is 3.85. The molecule has 7 heteroatoms. The van der Waals surface area contributed by atoms with Gasteiger partial charge in [0.1, 0.15) is 17.9 Å². The predicted molar refractivity (Wildman–Crippen MR) is 83.2 cm³/mol. The molecule has 1 fully saturated rings. The lowest BCUT2D eigenvalue weighted by Crippen LogP contribution is -2.55. The van der Waals surface area contributed by atoms with Gasteiger partial charge < -0.3 is 14.5 Å². The number of para-hydroxylation sites is 2. The smallest absolute Gasteiger partial charge is 0.324 e. The molecule has 1 saturated heterocycles. The monoisotopic (exact) mass is 317 g/mol. The summed E-state index contributed by atoms with van der Waals surface area (Å²) in [6, 6.07) is 6.82. The van der Waals surface area contributed by atoms with Crippen molar-refractivity contribution in [2.45, 2.75) is 25.9 Å². The van der Waals surface area contributed by atoms with Gasteiger partial charge in [0, 0.05) is 13.0 Å². The van der Waals surface area contributed by atoms with Gasteiger partial charge in [-0.15, -0.1) is 0 Å². The van der Waals surface area contributed by atoms with Crippen LogP contribution in [0.1, 0.15) is 20.3 Å². The van der Waals surface area contributed by atoms with Crippen molar-refractivity contribution in [3.8, 4) is 5.75 Å². The minimum absolute atomic E-state index is 0.0659. The van der Waals surface area contributed by atoms with E-state index in [2.05, 4.69) is 5.32 Å². The number of nitrogens with zero attached hydrogens (tertiary/aromatic N) is 2. The average Bonchev–Trinajstić information content (AvgIpc) is 2.48. The Labute approximate surface area is 134 Å². The van der Waals surface area contributed by atoms with E-state index in [1.807, 2.05) is 38.1 Å². The first-order valence-corrected chi connectivity index (χ1v) is 7.53. The third-order valence-corrected chi connectivity index (χ3v) is 3.85. The zero-order chi connectivity index (χ0) is 16.6. The number of amides is 4. The highest BCUT2D eigenvalue weighted by Gasteiger charge is 2.36. The minimum Gasteiger partial charge on any atom is -0.484 e. The molecule has 2 heterocycles. The van der Waals surface area contributed by atoms with Gasteiger partial charge in [-0.2, -0.15) is 0 Å². The summed E-state index contributed by atoms with van der Waals surface area (Å²) in [5.41, 5.74) is 0.190. The van der Waals surface area contributed by atoms with Gasteiger partial charge in [0.25, 0.3) is 0 Å². The number of ether oxygens (including phenoxy) is 1. The van der Waals surface area contributed by atoms with Crippen LogP contribution in [-0.4, -0.2) is 48.0 Å². The van der Waals surface area contributed by atoms with Crippen molar-refractivity contribution < 1.29 is 19.1 Å². The van der Waals surface area contributed by atoms with Crippen molar-refractivity contribution in [2.75, 3.05) is 24.5 Å². The Hall–Kier alpha value is -2.57. The number of rotatable bonds is 2. The Morgan fingerprint density at radius 3 is 2.78 bits per heavy atom. The molecule has 1 N–H and O–H groups in total. The average molecular weight is 317 g/mol. The fourth-order valence-corrected chi connectivity index (χ4v) is 2.78. The molecule has 4 amide bonds. The Morgan fingerprint density at radius 2 is 2.04 bits per heavy atom. The maximum absolute atomic E-state index is 12.7. The summed E-state index contributed by atoms with van der Waals surface area (Å²) in [6.45, 7) is 4.41. The molecule has 0 bridgehead atoms. The number of nitrogens with one attached hydrogen (secondary N) is 1. The van der Waals surface area contributed by atoms with E-state index in [1.165, 1.54) is 4.90 Å². The molecule has 23 heavy (non-hydrogen) atoms. The van der Waals surface area contributed by atoms with E-state index in [0.29, 0.717) is 18.0 Å². The summed E-state index contributed by atoms with van der Waals surface area (Å²) in [5, 5.41) is 2.23. The van der Waals surface area contributed by atoms with Crippen molar-refractivity contribution in [1.82, 2.24) is 10.2 Å².